The highest BCUT2D eigenvalue weighted by Crippen LogP contribution is 2.34. The molecule has 0 radical (unpaired) electrons. The highest BCUT2D eigenvalue weighted by molar-refractivity contribution is 8.03. The van der Waals surface area contributed by atoms with E-state index in [1.54, 1.807) is 0 Å². The molecule has 2 aromatic heterocycles. The molecule has 2 N–H and O–H groups in total. The quantitative estimate of drug-likeness (QED) is 0.743. The molecular weight excluding hydrogens is 328 g/mol. The average molecular weight is 348 g/mol. The molecule has 1 saturated heterocycles. The molecule has 0 aliphatic carbocycles. The Bertz CT molecular complexity index is 925. The van der Waals surface area contributed by atoms with Crippen molar-refractivity contribution >= 4 is 28.5 Å². The molecule has 1 fully saturated rings. The second-order valence-corrected chi connectivity index (χ2v) is 7.55. The van der Waals surface area contributed by atoms with Gasteiger partial charge in [-0.15, -0.1) is 0 Å². The van der Waals surface area contributed by atoms with Crippen molar-refractivity contribution in [2.45, 2.75) is 18.3 Å². The molecule has 2 aliphatic rings. The predicted octanol–water partition coefficient (Wildman–Crippen LogP) is 4.24. The maximum Gasteiger partial charge on any atom is 0.137 e. The molecule has 0 amide bonds. The zero-order valence-corrected chi connectivity index (χ0v) is 14.7. The number of nitrogens with zero attached hydrogens (tertiary/aromatic N) is 2. The highest BCUT2D eigenvalue weighted by atomic mass is 32.2. The molecule has 4 nitrogen and oxygen atoms in total. The second-order valence-electron chi connectivity index (χ2n) is 6.60. The van der Waals surface area contributed by atoms with Crippen LogP contribution in [0.2, 0.25) is 0 Å². The van der Waals surface area contributed by atoms with Crippen LogP contribution in [0, 0.1) is 0 Å². The van der Waals surface area contributed by atoms with E-state index in [1.165, 1.54) is 48.1 Å². The average Bonchev–Trinajstić information content (AvgIpc) is 3.40. The van der Waals surface area contributed by atoms with Crippen LogP contribution in [0.15, 0.2) is 54.2 Å². The number of fused-ring (bicyclic) bond motifs is 1. The lowest BCUT2D eigenvalue weighted by atomic mass is 10.1. The normalized spacial score (nSPS) is 20.8. The van der Waals surface area contributed by atoms with Gasteiger partial charge in [0.15, 0.2) is 0 Å². The Labute approximate surface area is 151 Å². The van der Waals surface area contributed by atoms with E-state index in [2.05, 4.69) is 62.1 Å². The van der Waals surface area contributed by atoms with Gasteiger partial charge >= 0.3 is 0 Å². The van der Waals surface area contributed by atoms with Crippen molar-refractivity contribution in [2.75, 3.05) is 13.1 Å². The number of rotatable bonds is 3. The zero-order chi connectivity index (χ0) is 16.6. The van der Waals surface area contributed by atoms with E-state index in [0.29, 0.717) is 5.50 Å². The van der Waals surface area contributed by atoms with Crippen LogP contribution in [-0.2, 0) is 0 Å². The monoisotopic (exact) mass is 348 g/mol. The maximum absolute atomic E-state index is 4.62. The number of H-pyrrole nitrogens is 1. The highest BCUT2D eigenvalue weighted by Gasteiger charge is 2.27. The maximum atomic E-state index is 4.62. The number of thioether (sulfide) groups is 1. The molecular formula is C20H20N4S. The van der Waals surface area contributed by atoms with Gasteiger partial charge in [0.1, 0.15) is 11.1 Å². The smallest absolute Gasteiger partial charge is 0.137 e. The molecule has 1 atom stereocenters. The molecule has 25 heavy (non-hydrogen) atoms. The zero-order valence-electron chi connectivity index (χ0n) is 13.9. The summed E-state index contributed by atoms with van der Waals surface area (Å²) in [6, 6.07) is 12.7. The number of aromatic amines is 1. The van der Waals surface area contributed by atoms with E-state index in [-0.39, 0.29) is 0 Å². The summed E-state index contributed by atoms with van der Waals surface area (Å²) in [6.07, 6.45) is 6.63. The van der Waals surface area contributed by atoms with Gasteiger partial charge in [-0.1, -0.05) is 42.1 Å². The Morgan fingerprint density at radius 3 is 2.76 bits per heavy atom. The van der Waals surface area contributed by atoms with Gasteiger partial charge in [-0.2, -0.15) is 0 Å². The Morgan fingerprint density at radius 2 is 1.92 bits per heavy atom. The van der Waals surface area contributed by atoms with Gasteiger partial charge in [-0.25, -0.2) is 4.98 Å². The number of nitrogens with one attached hydrogen (secondary N) is 2. The van der Waals surface area contributed by atoms with Crippen LogP contribution in [0.25, 0.3) is 27.9 Å². The van der Waals surface area contributed by atoms with Gasteiger partial charge in [0.05, 0.1) is 5.70 Å². The van der Waals surface area contributed by atoms with Crippen LogP contribution in [0.5, 0.6) is 0 Å². The van der Waals surface area contributed by atoms with Crippen LogP contribution in [0.4, 0.5) is 0 Å². The van der Waals surface area contributed by atoms with Crippen LogP contribution < -0.4 is 5.32 Å². The Morgan fingerprint density at radius 1 is 1.08 bits per heavy atom. The minimum absolute atomic E-state index is 0.368. The van der Waals surface area contributed by atoms with Crippen molar-refractivity contribution in [3.63, 3.8) is 0 Å². The van der Waals surface area contributed by atoms with Crippen LogP contribution in [0.3, 0.4) is 0 Å². The van der Waals surface area contributed by atoms with Gasteiger partial charge in [-0.3, -0.25) is 4.90 Å². The van der Waals surface area contributed by atoms with Crippen molar-refractivity contribution in [1.82, 2.24) is 20.2 Å². The number of hydrogen-bond donors (Lipinski definition) is 2. The molecule has 1 aromatic carbocycles. The Balaban J connectivity index is 1.47. The van der Waals surface area contributed by atoms with E-state index in [1.807, 2.05) is 24.0 Å². The lowest BCUT2D eigenvalue weighted by Gasteiger charge is -2.23. The summed E-state index contributed by atoms with van der Waals surface area (Å²) in [5, 5.41) is 7.11. The van der Waals surface area contributed by atoms with Crippen LogP contribution >= 0.6 is 11.8 Å². The Hall–Kier alpha value is -2.24. The fraction of sp³-hybridized carbons (Fsp3) is 0.250. The van der Waals surface area contributed by atoms with Gasteiger partial charge < -0.3 is 10.3 Å². The molecule has 4 heterocycles. The van der Waals surface area contributed by atoms with Crippen molar-refractivity contribution < 1.29 is 0 Å². The number of aromatic nitrogens is 2. The fourth-order valence-electron chi connectivity index (χ4n) is 3.64. The van der Waals surface area contributed by atoms with Gasteiger partial charge in [0.25, 0.3) is 0 Å². The number of benzene rings is 1. The molecule has 0 saturated carbocycles. The summed E-state index contributed by atoms with van der Waals surface area (Å²) >= 11 is 1.87. The summed E-state index contributed by atoms with van der Waals surface area (Å²) in [5.41, 5.74) is 6.05. The standard InChI is InChI=1S/C20H20N4S/c1-2-6-14(7-3-1)15-10-16-17(12-22-19(16)21-11-15)18-13-25-20(23-18)24-8-4-5-9-24/h1-3,6-7,10-13,20,23H,4-5,8-9H2,(H,21,22). The molecule has 126 valence electrons. The lowest BCUT2D eigenvalue weighted by molar-refractivity contribution is 0.304. The second kappa shape index (κ2) is 6.24. The SMILES string of the molecule is C1=C(c2c[nH]c3ncc(-c4ccccc4)cc23)NC(N2CCCC2)S1. The lowest BCUT2D eigenvalue weighted by Crippen LogP contribution is -2.38. The summed E-state index contributed by atoms with van der Waals surface area (Å²) in [5.74, 6) is 0. The van der Waals surface area contributed by atoms with E-state index in [9.17, 15) is 0 Å². The van der Waals surface area contributed by atoms with Crippen LogP contribution in [0.1, 0.15) is 18.4 Å². The summed E-state index contributed by atoms with van der Waals surface area (Å²) in [4.78, 5) is 10.5. The fourth-order valence-corrected chi connectivity index (χ4v) is 4.68. The third kappa shape index (κ3) is 2.73. The summed E-state index contributed by atoms with van der Waals surface area (Å²) < 4.78 is 0. The third-order valence-corrected chi connectivity index (χ3v) is 6.04. The first-order chi connectivity index (χ1) is 12.4. The summed E-state index contributed by atoms with van der Waals surface area (Å²) in [6.45, 7) is 2.39. The van der Waals surface area contributed by atoms with E-state index in [0.717, 1.165) is 11.2 Å². The summed E-state index contributed by atoms with van der Waals surface area (Å²) in [7, 11) is 0. The molecule has 5 heteroatoms. The Kier molecular flexibility index (Phi) is 3.76. The van der Waals surface area contributed by atoms with Crippen molar-refractivity contribution in [2.24, 2.45) is 0 Å². The molecule has 2 aliphatic heterocycles. The molecule has 1 unspecified atom stereocenters. The molecule has 0 bridgehead atoms. The molecule has 3 aromatic rings. The van der Waals surface area contributed by atoms with E-state index < -0.39 is 0 Å². The third-order valence-electron chi connectivity index (χ3n) is 4.99. The van der Waals surface area contributed by atoms with Crippen molar-refractivity contribution in [1.29, 1.82) is 0 Å². The first-order valence-corrected chi connectivity index (χ1v) is 9.72. The predicted molar refractivity (Wildman–Crippen MR) is 105 cm³/mol. The first kappa shape index (κ1) is 15.0. The van der Waals surface area contributed by atoms with E-state index in [4.69, 9.17) is 0 Å². The minimum Gasteiger partial charge on any atom is -0.360 e. The van der Waals surface area contributed by atoms with Crippen LogP contribution in [-0.4, -0.2) is 33.5 Å². The topological polar surface area (TPSA) is 44.0 Å². The first-order valence-electron chi connectivity index (χ1n) is 8.78. The minimum atomic E-state index is 0.368. The van der Waals surface area contributed by atoms with Gasteiger partial charge in [0.2, 0.25) is 0 Å². The molecule has 0 spiro atoms. The van der Waals surface area contributed by atoms with Gasteiger partial charge in [0, 0.05) is 42.0 Å². The van der Waals surface area contributed by atoms with Crippen molar-refractivity contribution in [3.05, 3.63) is 59.8 Å². The van der Waals surface area contributed by atoms with Gasteiger partial charge in [-0.05, 0) is 29.9 Å². The molecule has 5 rings (SSSR count). The van der Waals surface area contributed by atoms with E-state index >= 15 is 0 Å². The largest absolute Gasteiger partial charge is 0.360 e. The number of likely N-dealkylation sites (tertiary alicyclic amines) is 1. The number of pyridine rings is 1. The number of hydrogen-bond acceptors (Lipinski definition) is 4. The van der Waals surface area contributed by atoms with Crippen molar-refractivity contribution in [3.8, 4) is 11.1 Å².